The first kappa shape index (κ1) is 20.2. The lowest BCUT2D eigenvalue weighted by atomic mass is 10.1. The van der Waals surface area contributed by atoms with Crippen LogP contribution in [0.5, 0.6) is 11.5 Å². The number of benzene rings is 2. The van der Waals surface area contributed by atoms with Crippen molar-refractivity contribution in [2.45, 2.75) is 24.7 Å². The fourth-order valence-electron chi connectivity index (χ4n) is 3.41. The Bertz CT molecular complexity index is 1120. The molecule has 2 aromatic carbocycles. The molecular weight excluding hydrogens is 398 g/mol. The molecule has 7 heteroatoms. The Hall–Kier alpha value is -3.06. The maximum atomic E-state index is 13.0. The lowest BCUT2D eigenvalue weighted by molar-refractivity contribution is 0.0792. The Labute approximate surface area is 179 Å². The normalized spacial score (nSPS) is 13.5. The zero-order valence-electron chi connectivity index (χ0n) is 17.0. The lowest BCUT2D eigenvalue weighted by Gasteiger charge is -2.17. The van der Waals surface area contributed by atoms with E-state index in [1.807, 2.05) is 35.4 Å². The number of carbonyl (C=O) groups is 1. The number of H-pyrrole nitrogens is 1. The number of aromatic nitrogens is 2. The number of thioether (sulfide) groups is 1. The highest BCUT2D eigenvalue weighted by Crippen LogP contribution is 2.30. The van der Waals surface area contributed by atoms with Crippen molar-refractivity contribution in [1.29, 1.82) is 0 Å². The van der Waals surface area contributed by atoms with Crippen molar-refractivity contribution in [3.63, 3.8) is 0 Å². The molecule has 1 amide bonds. The average Bonchev–Trinajstić information content (AvgIpc) is 3.30. The molecule has 4 rings (SSSR count). The third kappa shape index (κ3) is 4.41. The second-order valence-corrected chi connectivity index (χ2v) is 8.15. The van der Waals surface area contributed by atoms with Crippen LogP contribution in [0, 0.1) is 6.92 Å². The Balaban J connectivity index is 1.73. The zero-order chi connectivity index (χ0) is 21.1. The molecule has 0 saturated carbocycles. The molecule has 1 aromatic heterocycles. The smallest absolute Gasteiger partial charge is 0.254 e. The number of hydrogen-bond acceptors (Lipinski definition) is 5. The van der Waals surface area contributed by atoms with Gasteiger partial charge in [0.1, 0.15) is 17.3 Å². The first-order valence-corrected chi connectivity index (χ1v) is 11.1. The first-order chi connectivity index (χ1) is 14.5. The molecule has 0 aliphatic carbocycles. The highest BCUT2D eigenvalue weighted by molar-refractivity contribution is 7.98. The summed E-state index contributed by atoms with van der Waals surface area (Å²) < 4.78 is 6.05. The maximum absolute atomic E-state index is 13.0. The SMILES string of the molecule is CSc1ccc(Oc2cc(C(=O)N3CCCC3)cc(-c3ncc(C)c(=O)[nH]3)c2)cc1. The van der Waals surface area contributed by atoms with Crippen molar-refractivity contribution in [3.05, 3.63) is 70.1 Å². The van der Waals surface area contributed by atoms with E-state index in [0.29, 0.717) is 34.0 Å². The van der Waals surface area contributed by atoms with Gasteiger partial charge in [-0.05, 0) is 68.5 Å². The number of aryl methyl sites for hydroxylation is 1. The van der Waals surface area contributed by atoms with Crippen LogP contribution in [0.25, 0.3) is 11.4 Å². The molecule has 0 atom stereocenters. The van der Waals surface area contributed by atoms with E-state index in [4.69, 9.17) is 4.74 Å². The molecule has 1 fully saturated rings. The van der Waals surface area contributed by atoms with Crippen LogP contribution >= 0.6 is 11.8 Å². The highest BCUT2D eigenvalue weighted by atomic mass is 32.2. The monoisotopic (exact) mass is 421 g/mol. The minimum Gasteiger partial charge on any atom is -0.457 e. The summed E-state index contributed by atoms with van der Waals surface area (Å²) in [7, 11) is 0. The van der Waals surface area contributed by atoms with Gasteiger partial charge in [0.25, 0.3) is 11.5 Å². The van der Waals surface area contributed by atoms with Gasteiger partial charge in [0.05, 0.1) is 0 Å². The van der Waals surface area contributed by atoms with Crippen LogP contribution in [-0.4, -0.2) is 40.1 Å². The van der Waals surface area contributed by atoms with Gasteiger partial charge in [0, 0.05) is 40.9 Å². The highest BCUT2D eigenvalue weighted by Gasteiger charge is 2.21. The van der Waals surface area contributed by atoms with Crippen LogP contribution in [-0.2, 0) is 0 Å². The number of amides is 1. The number of nitrogens with zero attached hydrogens (tertiary/aromatic N) is 2. The Morgan fingerprint density at radius 2 is 1.83 bits per heavy atom. The number of ether oxygens (including phenoxy) is 1. The van der Waals surface area contributed by atoms with Gasteiger partial charge in [-0.2, -0.15) is 0 Å². The second kappa shape index (κ2) is 8.75. The number of hydrogen-bond donors (Lipinski definition) is 1. The lowest BCUT2D eigenvalue weighted by Crippen LogP contribution is -2.27. The van der Waals surface area contributed by atoms with Crippen molar-refractivity contribution in [2.75, 3.05) is 19.3 Å². The Morgan fingerprint density at radius 3 is 2.50 bits per heavy atom. The molecule has 1 aliphatic heterocycles. The fraction of sp³-hybridized carbons (Fsp3) is 0.261. The molecule has 3 aromatic rings. The molecule has 0 bridgehead atoms. The van der Waals surface area contributed by atoms with Gasteiger partial charge in [-0.25, -0.2) is 4.98 Å². The largest absolute Gasteiger partial charge is 0.457 e. The molecule has 1 N–H and O–H groups in total. The standard InChI is InChI=1S/C23H23N3O3S/c1-15-14-24-21(25-22(15)27)16-11-17(23(28)26-9-3-4-10-26)13-19(12-16)29-18-5-7-20(30-2)8-6-18/h5-8,11-14H,3-4,9-10H2,1-2H3,(H,24,25,27). The van der Waals surface area contributed by atoms with E-state index in [9.17, 15) is 9.59 Å². The minimum atomic E-state index is -0.202. The van der Waals surface area contributed by atoms with Gasteiger partial charge >= 0.3 is 0 Å². The molecular formula is C23H23N3O3S. The molecule has 2 heterocycles. The predicted octanol–water partition coefficient (Wildman–Crippen LogP) is 4.50. The molecule has 0 unspecified atom stereocenters. The molecule has 1 saturated heterocycles. The summed E-state index contributed by atoms with van der Waals surface area (Å²) in [6, 6.07) is 13.1. The van der Waals surface area contributed by atoms with E-state index in [0.717, 1.165) is 30.8 Å². The van der Waals surface area contributed by atoms with E-state index in [-0.39, 0.29) is 11.5 Å². The Morgan fingerprint density at radius 1 is 1.10 bits per heavy atom. The minimum absolute atomic E-state index is 0.0358. The number of likely N-dealkylation sites (tertiary alicyclic amines) is 1. The number of aromatic amines is 1. The van der Waals surface area contributed by atoms with E-state index < -0.39 is 0 Å². The molecule has 154 valence electrons. The van der Waals surface area contributed by atoms with Crippen molar-refractivity contribution in [2.24, 2.45) is 0 Å². The maximum Gasteiger partial charge on any atom is 0.254 e. The molecule has 0 spiro atoms. The van der Waals surface area contributed by atoms with E-state index in [2.05, 4.69) is 9.97 Å². The Kier molecular flexibility index (Phi) is 5.90. The van der Waals surface area contributed by atoms with Crippen LogP contribution < -0.4 is 10.3 Å². The quantitative estimate of drug-likeness (QED) is 0.614. The van der Waals surface area contributed by atoms with Crippen molar-refractivity contribution < 1.29 is 9.53 Å². The molecule has 6 nitrogen and oxygen atoms in total. The molecule has 30 heavy (non-hydrogen) atoms. The summed E-state index contributed by atoms with van der Waals surface area (Å²) in [6.07, 6.45) is 5.59. The van der Waals surface area contributed by atoms with Crippen LogP contribution in [0.15, 0.2) is 58.4 Å². The topological polar surface area (TPSA) is 75.3 Å². The number of rotatable bonds is 5. The van der Waals surface area contributed by atoms with Gasteiger partial charge in [-0.1, -0.05) is 0 Å². The van der Waals surface area contributed by atoms with Crippen molar-refractivity contribution in [1.82, 2.24) is 14.9 Å². The van der Waals surface area contributed by atoms with Crippen LogP contribution in [0.1, 0.15) is 28.8 Å². The van der Waals surface area contributed by atoms with Gasteiger partial charge in [0.2, 0.25) is 0 Å². The third-order valence-electron chi connectivity index (χ3n) is 5.09. The summed E-state index contributed by atoms with van der Waals surface area (Å²) in [4.78, 5) is 35.2. The van der Waals surface area contributed by atoms with Crippen molar-refractivity contribution in [3.8, 4) is 22.9 Å². The predicted molar refractivity (Wildman–Crippen MR) is 118 cm³/mol. The van der Waals surface area contributed by atoms with Gasteiger partial charge in [-0.3, -0.25) is 9.59 Å². The second-order valence-electron chi connectivity index (χ2n) is 7.27. The molecule has 0 radical (unpaired) electrons. The zero-order valence-corrected chi connectivity index (χ0v) is 17.8. The number of nitrogens with one attached hydrogen (secondary N) is 1. The molecule has 1 aliphatic rings. The van der Waals surface area contributed by atoms with Crippen LogP contribution in [0.3, 0.4) is 0 Å². The summed E-state index contributed by atoms with van der Waals surface area (Å²) >= 11 is 1.66. The van der Waals surface area contributed by atoms with Crippen LogP contribution in [0.2, 0.25) is 0 Å². The summed E-state index contributed by atoms with van der Waals surface area (Å²) in [5.74, 6) is 1.57. The number of carbonyl (C=O) groups excluding carboxylic acids is 1. The van der Waals surface area contributed by atoms with Gasteiger partial charge in [-0.15, -0.1) is 11.8 Å². The van der Waals surface area contributed by atoms with Gasteiger partial charge in [0.15, 0.2) is 0 Å². The van der Waals surface area contributed by atoms with E-state index in [1.54, 1.807) is 36.9 Å². The summed E-state index contributed by atoms with van der Waals surface area (Å²) in [5, 5.41) is 0. The van der Waals surface area contributed by atoms with Crippen LogP contribution in [0.4, 0.5) is 0 Å². The fourth-order valence-corrected chi connectivity index (χ4v) is 3.81. The first-order valence-electron chi connectivity index (χ1n) is 9.86. The third-order valence-corrected chi connectivity index (χ3v) is 5.84. The average molecular weight is 422 g/mol. The van der Waals surface area contributed by atoms with Crippen molar-refractivity contribution >= 4 is 17.7 Å². The summed E-state index contributed by atoms with van der Waals surface area (Å²) in [6.45, 7) is 3.22. The summed E-state index contributed by atoms with van der Waals surface area (Å²) in [5.41, 5.74) is 1.49. The van der Waals surface area contributed by atoms with Gasteiger partial charge < -0.3 is 14.6 Å². The van der Waals surface area contributed by atoms with E-state index in [1.165, 1.54) is 6.20 Å². The van der Waals surface area contributed by atoms with E-state index >= 15 is 0 Å².